The second kappa shape index (κ2) is 42.1. The molecule has 4 amide bonds. The summed E-state index contributed by atoms with van der Waals surface area (Å²) < 4.78 is 31.6. The lowest BCUT2D eigenvalue weighted by Gasteiger charge is -2.35. The molecule has 0 aromatic heterocycles. The quantitative estimate of drug-likeness (QED) is 0.0251. The SMILES string of the molecule is C=C(C)C(=O)OCCN(C(=O)CCCCCCCNC(=O)OCCCCCCOC(=O)CCCCC(=O)OCCCCCCOC(=O)CCCCCCCNC(=O)N(CCOC(=O)C(=C)C)C(C)(C)C)C(C)(C)C. The van der Waals surface area contributed by atoms with E-state index < -0.39 is 23.6 Å². The summed E-state index contributed by atoms with van der Waals surface area (Å²) in [6, 6.07) is -0.201. The summed E-state index contributed by atoms with van der Waals surface area (Å²) in [4.78, 5) is 101. The average molecular weight is 1050 g/mol. The summed E-state index contributed by atoms with van der Waals surface area (Å²) >= 11 is 0. The molecule has 0 rings (SSSR count). The summed E-state index contributed by atoms with van der Waals surface area (Å²) in [6.45, 7) is 25.3. The lowest BCUT2D eigenvalue weighted by molar-refractivity contribution is -0.146. The van der Waals surface area contributed by atoms with Gasteiger partial charge in [0.05, 0.1) is 39.5 Å². The summed E-state index contributed by atoms with van der Waals surface area (Å²) in [5, 5.41) is 5.73. The fraction of sp³-hybridized carbons (Fsp3) is 0.786. The van der Waals surface area contributed by atoms with Gasteiger partial charge in [-0.3, -0.25) is 19.2 Å². The van der Waals surface area contributed by atoms with Crippen molar-refractivity contribution in [2.45, 2.75) is 221 Å². The van der Waals surface area contributed by atoms with Crippen molar-refractivity contribution in [3.63, 3.8) is 0 Å². The van der Waals surface area contributed by atoms with Gasteiger partial charge in [0.2, 0.25) is 5.91 Å². The number of nitrogens with zero attached hydrogens (tertiary/aromatic N) is 2. The molecule has 0 atom stereocenters. The first-order valence-corrected chi connectivity index (χ1v) is 27.4. The number of hydrogen-bond donors (Lipinski definition) is 2. The standard InChI is InChI=1S/C56H98N4O14/c1-45(2)51(65)72-43-37-59(55(5,6)7)47(61)31-21-13-11-16-26-36-58-54(68)74-42-30-20-19-29-41-71-50(64)34-24-23-33-49(63)70-40-28-18-17-27-39-69-48(62)32-22-14-12-15-25-35-57-53(67)60(56(8,9)10)38-44-73-52(66)46(3)4/h1,3,11-44H2,2,4-10H3,(H,57,67)(H,58,68). The number of nitrogens with one attached hydrogen (secondary N) is 2. The molecule has 0 radical (unpaired) electrons. The number of alkyl carbamates (subject to hydrolysis) is 1. The van der Waals surface area contributed by atoms with Gasteiger partial charge in [-0.2, -0.15) is 0 Å². The number of hydrogen-bond acceptors (Lipinski definition) is 14. The summed E-state index contributed by atoms with van der Waals surface area (Å²) in [5.41, 5.74) is -0.168. The minimum absolute atomic E-state index is 0.0370. The molecule has 0 spiro atoms. The number of unbranched alkanes of at least 4 members (excludes halogenated alkanes) is 15. The Morgan fingerprint density at radius 3 is 1.11 bits per heavy atom. The number of ether oxygens (including phenoxy) is 6. The number of amides is 4. The first kappa shape index (κ1) is 68.8. The molecular formula is C56H98N4O14. The number of rotatable bonds is 43. The van der Waals surface area contributed by atoms with Crippen LogP contribution in [0.5, 0.6) is 0 Å². The topological polar surface area (TPSA) is 222 Å². The van der Waals surface area contributed by atoms with Gasteiger partial charge in [0.1, 0.15) is 13.2 Å². The van der Waals surface area contributed by atoms with Crippen molar-refractivity contribution in [2.24, 2.45) is 0 Å². The van der Waals surface area contributed by atoms with Gasteiger partial charge >= 0.3 is 42.0 Å². The van der Waals surface area contributed by atoms with Crippen molar-refractivity contribution in [1.82, 2.24) is 20.4 Å². The monoisotopic (exact) mass is 1050 g/mol. The maximum Gasteiger partial charge on any atom is 0.407 e. The maximum atomic E-state index is 12.8. The third-order valence-corrected chi connectivity index (χ3v) is 11.7. The van der Waals surface area contributed by atoms with Crippen LogP contribution in [0.1, 0.15) is 209 Å². The second-order valence-corrected chi connectivity index (χ2v) is 20.9. The van der Waals surface area contributed by atoms with Gasteiger partial charge in [-0.15, -0.1) is 0 Å². The fourth-order valence-corrected chi connectivity index (χ4v) is 7.40. The van der Waals surface area contributed by atoms with E-state index in [0.29, 0.717) is 82.9 Å². The van der Waals surface area contributed by atoms with Crippen molar-refractivity contribution in [1.29, 1.82) is 0 Å². The number of carbonyl (C=O) groups excluding carboxylic acids is 8. The normalized spacial score (nSPS) is 11.2. The van der Waals surface area contributed by atoms with E-state index in [2.05, 4.69) is 23.8 Å². The molecule has 0 fully saturated rings. The Kier molecular flexibility index (Phi) is 39.2. The van der Waals surface area contributed by atoms with E-state index in [4.69, 9.17) is 28.4 Å². The summed E-state index contributed by atoms with van der Waals surface area (Å²) in [5.74, 6) is -1.65. The lowest BCUT2D eigenvalue weighted by Crippen LogP contribution is -2.51. The minimum atomic E-state index is -0.472. The third kappa shape index (κ3) is 39.3. The zero-order valence-electron chi connectivity index (χ0n) is 47.1. The molecular weight excluding hydrogens is 953 g/mol. The Morgan fingerprint density at radius 1 is 0.378 bits per heavy atom. The highest BCUT2D eigenvalue weighted by molar-refractivity contribution is 5.87. The zero-order valence-corrected chi connectivity index (χ0v) is 47.1. The molecule has 0 aliphatic heterocycles. The van der Waals surface area contributed by atoms with Gasteiger partial charge < -0.3 is 48.9 Å². The Labute approximate surface area is 444 Å². The molecule has 0 aromatic rings. The number of esters is 5. The van der Waals surface area contributed by atoms with Crippen LogP contribution >= 0.6 is 0 Å². The predicted molar refractivity (Wildman–Crippen MR) is 286 cm³/mol. The highest BCUT2D eigenvalue weighted by Crippen LogP contribution is 2.18. The van der Waals surface area contributed by atoms with E-state index in [1.54, 1.807) is 23.6 Å². The van der Waals surface area contributed by atoms with Crippen molar-refractivity contribution in [2.75, 3.05) is 65.8 Å². The molecule has 0 heterocycles. The van der Waals surface area contributed by atoms with E-state index in [1.807, 2.05) is 41.5 Å². The fourth-order valence-electron chi connectivity index (χ4n) is 7.40. The molecule has 0 bridgehead atoms. The Morgan fingerprint density at radius 2 is 0.703 bits per heavy atom. The van der Waals surface area contributed by atoms with Crippen molar-refractivity contribution < 1.29 is 66.8 Å². The van der Waals surface area contributed by atoms with Gasteiger partial charge in [-0.05, 0) is 145 Å². The van der Waals surface area contributed by atoms with Crippen LogP contribution in [-0.2, 0) is 57.2 Å². The van der Waals surface area contributed by atoms with Crippen LogP contribution in [0, 0.1) is 0 Å². The molecule has 18 heteroatoms. The first-order chi connectivity index (χ1) is 35.1. The minimum Gasteiger partial charge on any atom is -0.466 e. The second-order valence-electron chi connectivity index (χ2n) is 20.9. The van der Waals surface area contributed by atoms with Crippen LogP contribution in [0.3, 0.4) is 0 Å². The van der Waals surface area contributed by atoms with Gasteiger partial charge in [-0.25, -0.2) is 19.2 Å². The molecule has 0 aromatic carbocycles. The molecule has 0 aliphatic carbocycles. The van der Waals surface area contributed by atoms with Crippen LogP contribution in [-0.4, -0.2) is 135 Å². The third-order valence-electron chi connectivity index (χ3n) is 11.7. The molecule has 2 N–H and O–H groups in total. The largest absolute Gasteiger partial charge is 0.466 e. The van der Waals surface area contributed by atoms with Crippen LogP contribution in [0.25, 0.3) is 0 Å². The Balaban J connectivity index is 3.68. The van der Waals surface area contributed by atoms with E-state index >= 15 is 0 Å². The Bertz CT molecular complexity index is 1550. The van der Waals surface area contributed by atoms with Gasteiger partial charge in [0.25, 0.3) is 0 Å². The highest BCUT2D eigenvalue weighted by Gasteiger charge is 2.27. The van der Waals surface area contributed by atoms with E-state index in [-0.39, 0.29) is 68.0 Å². The molecule has 0 saturated carbocycles. The maximum absolute atomic E-state index is 12.8. The molecule has 0 saturated heterocycles. The van der Waals surface area contributed by atoms with Gasteiger partial charge in [0, 0.05) is 61.0 Å². The van der Waals surface area contributed by atoms with Crippen molar-refractivity contribution >= 4 is 47.9 Å². The molecule has 426 valence electrons. The van der Waals surface area contributed by atoms with Crippen LogP contribution in [0.4, 0.5) is 9.59 Å². The van der Waals surface area contributed by atoms with Gasteiger partial charge in [-0.1, -0.05) is 51.7 Å². The molecule has 74 heavy (non-hydrogen) atoms. The van der Waals surface area contributed by atoms with Crippen molar-refractivity contribution in [3.05, 3.63) is 24.3 Å². The summed E-state index contributed by atoms with van der Waals surface area (Å²) in [7, 11) is 0. The number of carbonyl (C=O) groups is 8. The molecule has 0 aliphatic rings. The smallest absolute Gasteiger partial charge is 0.407 e. The van der Waals surface area contributed by atoms with Crippen molar-refractivity contribution in [3.8, 4) is 0 Å². The molecule has 18 nitrogen and oxygen atoms in total. The molecule has 0 unspecified atom stereocenters. The lowest BCUT2D eigenvalue weighted by atomic mass is 10.0. The summed E-state index contributed by atoms with van der Waals surface area (Å²) in [6.07, 6.45) is 17.1. The zero-order chi connectivity index (χ0) is 55.6. The van der Waals surface area contributed by atoms with Crippen LogP contribution < -0.4 is 10.6 Å². The van der Waals surface area contributed by atoms with E-state index in [1.165, 1.54) is 0 Å². The number of urea groups is 1. The van der Waals surface area contributed by atoms with Crippen LogP contribution in [0.15, 0.2) is 24.3 Å². The highest BCUT2D eigenvalue weighted by atomic mass is 16.6. The van der Waals surface area contributed by atoms with Gasteiger partial charge in [0.15, 0.2) is 0 Å². The first-order valence-electron chi connectivity index (χ1n) is 27.4. The predicted octanol–water partition coefficient (Wildman–Crippen LogP) is 10.4. The average Bonchev–Trinajstić information content (AvgIpc) is 3.32. The Hall–Kier alpha value is -5.16. The van der Waals surface area contributed by atoms with E-state index in [9.17, 15) is 38.4 Å². The van der Waals surface area contributed by atoms with E-state index in [0.717, 1.165) is 116 Å². The van der Waals surface area contributed by atoms with Crippen LogP contribution in [0.2, 0.25) is 0 Å².